The molecule has 2 nitrogen and oxygen atoms in total. The summed E-state index contributed by atoms with van der Waals surface area (Å²) in [6.07, 6.45) is 0.930. The highest BCUT2D eigenvalue weighted by atomic mass is 35.5. The maximum atomic E-state index is 6.08. The van der Waals surface area contributed by atoms with Crippen molar-refractivity contribution in [1.29, 1.82) is 0 Å². The number of rotatable bonds is 1. The van der Waals surface area contributed by atoms with Gasteiger partial charge in [0, 0.05) is 11.1 Å². The van der Waals surface area contributed by atoms with Crippen molar-refractivity contribution in [3.8, 4) is 11.5 Å². The van der Waals surface area contributed by atoms with Gasteiger partial charge in [-0.3, -0.25) is 0 Å². The Morgan fingerprint density at radius 1 is 1.19 bits per heavy atom. The highest BCUT2D eigenvalue weighted by Gasteiger charge is 2.21. The largest absolute Gasteiger partial charge is 0.486 e. The quantitative estimate of drug-likeness (QED) is 0.745. The molecule has 0 unspecified atom stereocenters. The van der Waals surface area contributed by atoms with Crippen LogP contribution in [-0.4, -0.2) is 13.2 Å². The molecular weight excluding hydrogens is 224 g/mol. The Morgan fingerprint density at radius 2 is 1.88 bits per heavy atom. The molecule has 0 saturated heterocycles. The van der Waals surface area contributed by atoms with Gasteiger partial charge in [0.15, 0.2) is 11.5 Å². The van der Waals surface area contributed by atoms with Gasteiger partial charge < -0.3 is 9.47 Å². The lowest BCUT2D eigenvalue weighted by molar-refractivity contribution is 0.169. The van der Waals surface area contributed by atoms with Crippen LogP contribution in [0.2, 0.25) is 5.02 Å². The minimum atomic E-state index is 0.208. The van der Waals surface area contributed by atoms with Crippen molar-refractivity contribution < 1.29 is 9.47 Å². The SMILES string of the molecule is CC(C)(C)Cc1cc(Cl)cc2c1OCCO2. The molecule has 88 valence electrons. The molecule has 1 aromatic carbocycles. The molecule has 0 radical (unpaired) electrons. The van der Waals surface area contributed by atoms with Crippen LogP contribution in [0.25, 0.3) is 0 Å². The molecule has 3 heteroatoms. The van der Waals surface area contributed by atoms with E-state index in [1.54, 1.807) is 0 Å². The maximum Gasteiger partial charge on any atom is 0.164 e. The van der Waals surface area contributed by atoms with Gasteiger partial charge in [0.05, 0.1) is 0 Å². The zero-order valence-corrected chi connectivity index (χ0v) is 10.7. The summed E-state index contributed by atoms with van der Waals surface area (Å²) >= 11 is 6.08. The third kappa shape index (κ3) is 2.62. The van der Waals surface area contributed by atoms with Crippen molar-refractivity contribution in [2.24, 2.45) is 5.41 Å². The van der Waals surface area contributed by atoms with Crippen molar-refractivity contribution in [3.05, 3.63) is 22.7 Å². The number of hydrogen-bond donors (Lipinski definition) is 0. The highest BCUT2D eigenvalue weighted by molar-refractivity contribution is 6.30. The van der Waals surface area contributed by atoms with Crippen molar-refractivity contribution in [3.63, 3.8) is 0 Å². The lowest BCUT2D eigenvalue weighted by atomic mass is 9.87. The predicted octanol–water partition coefficient (Wildman–Crippen LogP) is 3.70. The van der Waals surface area contributed by atoms with Gasteiger partial charge >= 0.3 is 0 Å². The molecule has 0 spiro atoms. The van der Waals surface area contributed by atoms with E-state index in [4.69, 9.17) is 21.1 Å². The molecule has 1 aromatic rings. The van der Waals surface area contributed by atoms with E-state index < -0.39 is 0 Å². The Morgan fingerprint density at radius 3 is 2.56 bits per heavy atom. The minimum absolute atomic E-state index is 0.208. The molecule has 0 N–H and O–H groups in total. The molecule has 1 aliphatic heterocycles. The zero-order chi connectivity index (χ0) is 11.8. The number of hydrogen-bond acceptors (Lipinski definition) is 2. The van der Waals surface area contributed by atoms with E-state index in [1.807, 2.05) is 12.1 Å². The van der Waals surface area contributed by atoms with Gasteiger partial charge in [-0.1, -0.05) is 32.4 Å². The standard InChI is InChI=1S/C13H17ClO2/c1-13(2,3)8-9-6-10(14)7-11-12(9)16-5-4-15-11/h6-7H,4-5,8H2,1-3H3. The van der Waals surface area contributed by atoms with E-state index in [2.05, 4.69) is 20.8 Å². The van der Waals surface area contributed by atoms with Crippen LogP contribution < -0.4 is 9.47 Å². The Hall–Kier alpha value is -0.890. The van der Waals surface area contributed by atoms with Crippen molar-refractivity contribution in [2.75, 3.05) is 13.2 Å². The summed E-state index contributed by atoms with van der Waals surface area (Å²) < 4.78 is 11.2. The first-order valence-corrected chi connectivity index (χ1v) is 5.91. The first-order valence-electron chi connectivity index (χ1n) is 5.54. The molecule has 1 aliphatic rings. The van der Waals surface area contributed by atoms with Gasteiger partial charge in [0.1, 0.15) is 13.2 Å². The van der Waals surface area contributed by atoms with Crippen LogP contribution in [0.3, 0.4) is 0 Å². The van der Waals surface area contributed by atoms with Crippen LogP contribution >= 0.6 is 11.6 Å². The van der Waals surface area contributed by atoms with E-state index in [1.165, 1.54) is 0 Å². The number of ether oxygens (including phenoxy) is 2. The van der Waals surface area contributed by atoms with Gasteiger partial charge in [-0.15, -0.1) is 0 Å². The maximum absolute atomic E-state index is 6.08. The van der Waals surface area contributed by atoms with Gasteiger partial charge in [0.25, 0.3) is 0 Å². The highest BCUT2D eigenvalue weighted by Crippen LogP contribution is 2.39. The van der Waals surface area contributed by atoms with E-state index in [0.717, 1.165) is 23.5 Å². The first kappa shape index (κ1) is 11.6. The monoisotopic (exact) mass is 240 g/mol. The second-order valence-electron chi connectivity index (χ2n) is 5.33. The lowest BCUT2D eigenvalue weighted by Gasteiger charge is -2.25. The van der Waals surface area contributed by atoms with Crippen molar-refractivity contribution >= 4 is 11.6 Å². The molecule has 0 amide bonds. The van der Waals surface area contributed by atoms with Gasteiger partial charge in [-0.25, -0.2) is 0 Å². The summed E-state index contributed by atoms with van der Waals surface area (Å²) in [4.78, 5) is 0. The number of halogens is 1. The molecule has 1 heterocycles. The minimum Gasteiger partial charge on any atom is -0.486 e. The van der Waals surface area contributed by atoms with Gasteiger partial charge in [0.2, 0.25) is 0 Å². The smallest absolute Gasteiger partial charge is 0.164 e. The average molecular weight is 241 g/mol. The Bertz CT molecular complexity index is 394. The fraction of sp³-hybridized carbons (Fsp3) is 0.538. The van der Waals surface area contributed by atoms with Gasteiger partial charge in [-0.05, 0) is 23.5 Å². The fourth-order valence-corrected chi connectivity index (χ4v) is 2.12. The predicted molar refractivity (Wildman–Crippen MR) is 65.6 cm³/mol. The second kappa shape index (κ2) is 4.17. The van der Waals surface area contributed by atoms with Crippen LogP contribution in [0, 0.1) is 5.41 Å². The molecule has 16 heavy (non-hydrogen) atoms. The summed E-state index contributed by atoms with van der Waals surface area (Å²) in [6, 6.07) is 3.79. The van der Waals surface area contributed by atoms with Crippen LogP contribution in [-0.2, 0) is 6.42 Å². The molecule has 2 rings (SSSR count). The fourth-order valence-electron chi connectivity index (χ4n) is 1.89. The van der Waals surface area contributed by atoms with Crippen LogP contribution in [0.15, 0.2) is 12.1 Å². The Balaban J connectivity index is 2.39. The Labute approximate surface area is 102 Å². The van der Waals surface area contributed by atoms with Crippen LogP contribution in [0.5, 0.6) is 11.5 Å². The molecule has 0 fully saturated rings. The van der Waals surface area contributed by atoms with E-state index in [-0.39, 0.29) is 5.41 Å². The number of benzene rings is 1. The second-order valence-corrected chi connectivity index (χ2v) is 5.76. The molecule has 0 bridgehead atoms. The van der Waals surface area contributed by atoms with Crippen molar-refractivity contribution in [2.45, 2.75) is 27.2 Å². The van der Waals surface area contributed by atoms with Crippen LogP contribution in [0.4, 0.5) is 0 Å². The van der Waals surface area contributed by atoms with Crippen molar-refractivity contribution in [1.82, 2.24) is 0 Å². The normalized spacial score (nSPS) is 15.0. The lowest BCUT2D eigenvalue weighted by Crippen LogP contribution is -2.18. The third-order valence-corrected chi connectivity index (χ3v) is 2.62. The Kier molecular flexibility index (Phi) is 3.02. The molecule has 0 aromatic heterocycles. The first-order chi connectivity index (χ1) is 7.46. The number of fused-ring (bicyclic) bond motifs is 1. The van der Waals surface area contributed by atoms with E-state index in [9.17, 15) is 0 Å². The summed E-state index contributed by atoms with van der Waals surface area (Å²) in [5, 5.41) is 0.712. The van der Waals surface area contributed by atoms with Gasteiger partial charge in [-0.2, -0.15) is 0 Å². The molecule has 0 saturated carbocycles. The molecule has 0 atom stereocenters. The summed E-state index contributed by atoms with van der Waals surface area (Å²) in [5.74, 6) is 1.64. The molecular formula is C13H17ClO2. The van der Waals surface area contributed by atoms with E-state index >= 15 is 0 Å². The third-order valence-electron chi connectivity index (χ3n) is 2.40. The van der Waals surface area contributed by atoms with Crippen LogP contribution in [0.1, 0.15) is 26.3 Å². The summed E-state index contributed by atoms with van der Waals surface area (Å²) in [7, 11) is 0. The summed E-state index contributed by atoms with van der Waals surface area (Å²) in [5.41, 5.74) is 1.34. The topological polar surface area (TPSA) is 18.5 Å². The summed E-state index contributed by atoms with van der Waals surface area (Å²) in [6.45, 7) is 7.81. The average Bonchev–Trinajstić information content (AvgIpc) is 2.14. The molecule has 0 aliphatic carbocycles. The van der Waals surface area contributed by atoms with E-state index in [0.29, 0.717) is 18.2 Å². The zero-order valence-electron chi connectivity index (χ0n) is 9.97.